The number of halogens is 1. The summed E-state index contributed by atoms with van der Waals surface area (Å²) in [5.74, 6) is 1.25. The number of anilines is 2. The van der Waals surface area contributed by atoms with Crippen LogP contribution < -0.4 is 10.2 Å². The van der Waals surface area contributed by atoms with Gasteiger partial charge in [-0.1, -0.05) is 26.0 Å². The maximum Gasteiger partial charge on any atom is 0.227 e. The van der Waals surface area contributed by atoms with Gasteiger partial charge in [-0.2, -0.15) is 9.97 Å². The fourth-order valence-corrected chi connectivity index (χ4v) is 5.25. The molecule has 2 fully saturated rings. The fourth-order valence-electron chi connectivity index (χ4n) is 5.25. The van der Waals surface area contributed by atoms with Crippen LogP contribution in [0.3, 0.4) is 0 Å². The van der Waals surface area contributed by atoms with Crippen molar-refractivity contribution in [2.45, 2.75) is 33.4 Å². The maximum absolute atomic E-state index is 13.3. The van der Waals surface area contributed by atoms with Gasteiger partial charge in [0.25, 0.3) is 0 Å². The van der Waals surface area contributed by atoms with Crippen molar-refractivity contribution < 1.29 is 4.39 Å². The Bertz CT molecular complexity index is 1130. The van der Waals surface area contributed by atoms with Gasteiger partial charge in [0.2, 0.25) is 5.95 Å². The molecule has 200 valence electrons. The van der Waals surface area contributed by atoms with Crippen LogP contribution in [0.15, 0.2) is 30.6 Å². The number of fused-ring (bicyclic) bond motifs is 1. The molecule has 0 amide bonds. The SMILES string of the molecule is CCN1CCN(CCCn2cnc3c(N4CCN(CC)CC4)nc(NCc4ccc(F)cc4)nc32)CC1. The molecule has 4 heterocycles. The third kappa shape index (κ3) is 6.37. The third-order valence-corrected chi connectivity index (χ3v) is 7.71. The van der Waals surface area contributed by atoms with Gasteiger partial charge in [0, 0.05) is 65.4 Å². The van der Waals surface area contributed by atoms with Crippen LogP contribution in [-0.4, -0.2) is 106 Å². The average Bonchev–Trinajstić information content (AvgIpc) is 3.35. The van der Waals surface area contributed by atoms with Crippen LogP contribution in [-0.2, 0) is 13.1 Å². The Labute approximate surface area is 219 Å². The summed E-state index contributed by atoms with van der Waals surface area (Å²) in [4.78, 5) is 24.5. The van der Waals surface area contributed by atoms with Crippen LogP contribution in [0.2, 0.25) is 0 Å². The number of piperazine rings is 2. The molecule has 0 unspecified atom stereocenters. The Balaban J connectivity index is 1.32. The Hall–Kier alpha value is -2.82. The van der Waals surface area contributed by atoms with Crippen LogP contribution in [0.5, 0.6) is 0 Å². The molecule has 10 heteroatoms. The van der Waals surface area contributed by atoms with Crippen LogP contribution in [0.4, 0.5) is 16.2 Å². The second-order valence-electron chi connectivity index (χ2n) is 10.0. The highest BCUT2D eigenvalue weighted by atomic mass is 19.1. The highest BCUT2D eigenvalue weighted by Crippen LogP contribution is 2.26. The van der Waals surface area contributed by atoms with Crippen molar-refractivity contribution in [3.05, 3.63) is 42.0 Å². The number of hydrogen-bond donors (Lipinski definition) is 1. The molecule has 5 rings (SSSR count). The van der Waals surface area contributed by atoms with E-state index in [0.29, 0.717) is 12.5 Å². The summed E-state index contributed by atoms with van der Waals surface area (Å²) in [7, 11) is 0. The number of likely N-dealkylation sites (N-methyl/N-ethyl adjacent to an activating group) is 2. The summed E-state index contributed by atoms with van der Waals surface area (Å²) in [5, 5.41) is 3.37. The van der Waals surface area contributed by atoms with Crippen LogP contribution >= 0.6 is 0 Å². The largest absolute Gasteiger partial charge is 0.352 e. The molecule has 1 aromatic carbocycles. The van der Waals surface area contributed by atoms with E-state index in [1.165, 1.54) is 12.1 Å². The molecule has 3 aromatic rings. The van der Waals surface area contributed by atoms with Gasteiger partial charge in [-0.15, -0.1) is 0 Å². The van der Waals surface area contributed by atoms with E-state index in [-0.39, 0.29) is 5.82 Å². The number of nitrogens with zero attached hydrogens (tertiary/aromatic N) is 8. The summed E-state index contributed by atoms with van der Waals surface area (Å²) >= 11 is 0. The van der Waals surface area contributed by atoms with Crippen molar-refractivity contribution in [2.75, 3.05) is 82.2 Å². The highest BCUT2D eigenvalue weighted by molar-refractivity contribution is 5.85. The molecule has 2 aromatic heterocycles. The number of imidazole rings is 1. The van der Waals surface area contributed by atoms with E-state index < -0.39 is 0 Å². The Morgan fingerprint density at radius 3 is 2.14 bits per heavy atom. The van der Waals surface area contributed by atoms with Gasteiger partial charge in [-0.25, -0.2) is 9.37 Å². The van der Waals surface area contributed by atoms with Crippen molar-refractivity contribution in [3.8, 4) is 0 Å². The Kier molecular flexibility index (Phi) is 8.48. The second-order valence-corrected chi connectivity index (χ2v) is 10.0. The summed E-state index contributed by atoms with van der Waals surface area (Å²) in [5.41, 5.74) is 2.73. The van der Waals surface area contributed by atoms with Gasteiger partial charge in [-0.3, -0.25) is 0 Å². The molecule has 0 aliphatic carbocycles. The zero-order chi connectivity index (χ0) is 25.6. The van der Waals surface area contributed by atoms with E-state index in [0.717, 1.165) is 108 Å². The summed E-state index contributed by atoms with van der Waals surface area (Å²) in [6, 6.07) is 6.54. The Morgan fingerprint density at radius 2 is 1.46 bits per heavy atom. The smallest absolute Gasteiger partial charge is 0.227 e. The summed E-state index contributed by atoms with van der Waals surface area (Å²) in [6.07, 6.45) is 2.98. The van der Waals surface area contributed by atoms with Crippen molar-refractivity contribution >= 4 is 22.9 Å². The molecule has 9 nitrogen and oxygen atoms in total. The predicted molar refractivity (Wildman–Crippen MR) is 147 cm³/mol. The number of aromatic nitrogens is 4. The summed E-state index contributed by atoms with van der Waals surface area (Å²) < 4.78 is 15.5. The van der Waals surface area contributed by atoms with Gasteiger partial charge >= 0.3 is 0 Å². The van der Waals surface area contributed by atoms with E-state index in [1.54, 1.807) is 12.1 Å². The first-order chi connectivity index (χ1) is 18.1. The van der Waals surface area contributed by atoms with E-state index in [1.807, 2.05) is 6.33 Å². The van der Waals surface area contributed by atoms with E-state index in [2.05, 4.69) is 43.3 Å². The number of hydrogen-bond acceptors (Lipinski definition) is 8. The predicted octanol–water partition coefficient (Wildman–Crippen LogP) is 2.75. The first kappa shape index (κ1) is 25.8. The first-order valence-electron chi connectivity index (χ1n) is 13.8. The second kappa shape index (κ2) is 12.1. The molecule has 0 saturated carbocycles. The lowest BCUT2D eigenvalue weighted by Crippen LogP contribution is -2.46. The zero-order valence-corrected chi connectivity index (χ0v) is 22.2. The van der Waals surface area contributed by atoms with Crippen molar-refractivity contribution in [3.63, 3.8) is 0 Å². The minimum absolute atomic E-state index is 0.230. The van der Waals surface area contributed by atoms with Crippen LogP contribution in [0, 0.1) is 5.82 Å². The lowest BCUT2D eigenvalue weighted by molar-refractivity contribution is 0.135. The minimum Gasteiger partial charge on any atom is -0.352 e. The molecule has 2 aliphatic heterocycles. The van der Waals surface area contributed by atoms with Crippen molar-refractivity contribution in [1.82, 2.24) is 34.2 Å². The molecule has 0 atom stereocenters. The van der Waals surface area contributed by atoms with E-state index in [4.69, 9.17) is 15.0 Å². The van der Waals surface area contributed by atoms with Crippen molar-refractivity contribution in [2.24, 2.45) is 0 Å². The molecule has 1 N–H and O–H groups in total. The molecule has 0 spiro atoms. The minimum atomic E-state index is -0.230. The highest BCUT2D eigenvalue weighted by Gasteiger charge is 2.23. The topological polar surface area (TPSA) is 68.6 Å². The van der Waals surface area contributed by atoms with Gasteiger partial charge in [0.1, 0.15) is 5.82 Å². The maximum atomic E-state index is 13.3. The Morgan fingerprint density at radius 1 is 0.811 bits per heavy atom. The normalized spacial score (nSPS) is 18.1. The molecular weight excluding hydrogens is 469 g/mol. The monoisotopic (exact) mass is 509 g/mol. The van der Waals surface area contributed by atoms with E-state index >= 15 is 0 Å². The molecule has 2 saturated heterocycles. The number of nitrogens with one attached hydrogen (secondary N) is 1. The molecule has 0 radical (unpaired) electrons. The van der Waals surface area contributed by atoms with Gasteiger partial charge in [0.15, 0.2) is 17.0 Å². The molecule has 37 heavy (non-hydrogen) atoms. The number of rotatable bonds is 10. The fraction of sp³-hybridized carbons (Fsp3) is 0.593. The molecule has 0 bridgehead atoms. The summed E-state index contributed by atoms with van der Waals surface area (Å²) in [6.45, 7) is 17.7. The third-order valence-electron chi connectivity index (χ3n) is 7.71. The van der Waals surface area contributed by atoms with Gasteiger partial charge < -0.3 is 29.5 Å². The van der Waals surface area contributed by atoms with Gasteiger partial charge in [0.05, 0.1) is 6.33 Å². The number of aryl methyl sites for hydroxylation is 1. The van der Waals surface area contributed by atoms with E-state index in [9.17, 15) is 4.39 Å². The quantitative estimate of drug-likeness (QED) is 0.448. The standard InChI is InChI=1S/C27H40FN9/c1-3-33-12-14-35(15-13-33)10-5-11-37-21-30-24-25(36-18-16-34(4-2)17-19-36)31-27(32-26(24)37)29-20-22-6-8-23(28)9-7-22/h6-9,21H,3-5,10-20H2,1-2H3,(H,29,31,32). The average molecular weight is 510 g/mol. The molecular formula is C27H40FN9. The lowest BCUT2D eigenvalue weighted by atomic mass is 10.2. The van der Waals surface area contributed by atoms with Crippen molar-refractivity contribution in [1.29, 1.82) is 0 Å². The van der Waals surface area contributed by atoms with Crippen LogP contribution in [0.25, 0.3) is 11.2 Å². The first-order valence-corrected chi connectivity index (χ1v) is 13.8. The molecule has 2 aliphatic rings. The zero-order valence-electron chi connectivity index (χ0n) is 22.2. The lowest BCUT2D eigenvalue weighted by Gasteiger charge is -2.34. The van der Waals surface area contributed by atoms with Crippen LogP contribution in [0.1, 0.15) is 25.8 Å². The van der Waals surface area contributed by atoms with Gasteiger partial charge in [-0.05, 0) is 43.8 Å². The number of benzene rings is 1.